The highest BCUT2D eigenvalue weighted by Gasteiger charge is 2.15. The van der Waals surface area contributed by atoms with Gasteiger partial charge in [0, 0.05) is 19.6 Å². The number of ether oxygens (including phenoxy) is 2. The quantitative estimate of drug-likeness (QED) is 0.549. The van der Waals surface area contributed by atoms with Crippen LogP contribution in [0.4, 0.5) is 4.79 Å². The zero-order chi connectivity index (χ0) is 13.1. The average molecular weight is 241 g/mol. The van der Waals surface area contributed by atoms with Crippen molar-refractivity contribution in [3.63, 3.8) is 0 Å². The lowest BCUT2D eigenvalue weighted by Crippen LogP contribution is -2.34. The first-order valence-corrected chi connectivity index (χ1v) is 5.94. The van der Waals surface area contributed by atoms with E-state index in [1.54, 1.807) is 0 Å². The highest BCUT2D eigenvalue weighted by Crippen LogP contribution is 2.06. The maximum Gasteiger partial charge on any atom is 0.407 e. The van der Waals surface area contributed by atoms with Gasteiger partial charge in [-0.3, -0.25) is 0 Å². The summed E-state index contributed by atoms with van der Waals surface area (Å²) in [5.41, 5.74) is -0.458. The maximum atomic E-state index is 11.2. The van der Waals surface area contributed by atoms with Gasteiger partial charge < -0.3 is 14.8 Å². The third-order valence-corrected chi connectivity index (χ3v) is 1.77. The summed E-state index contributed by atoms with van der Waals surface area (Å²) >= 11 is 0. The molecule has 0 fully saturated rings. The number of hydrogen-bond acceptors (Lipinski definition) is 3. The van der Waals surface area contributed by atoms with E-state index in [1.807, 2.05) is 20.8 Å². The third-order valence-electron chi connectivity index (χ3n) is 1.77. The number of rotatable bonds is 7. The second-order valence-electron chi connectivity index (χ2n) is 4.70. The van der Waals surface area contributed by atoms with Gasteiger partial charge in [-0.15, -0.1) is 12.3 Å². The minimum atomic E-state index is -0.458. The van der Waals surface area contributed by atoms with Crippen molar-refractivity contribution in [3.8, 4) is 12.3 Å². The van der Waals surface area contributed by atoms with Crippen molar-refractivity contribution in [1.29, 1.82) is 0 Å². The van der Waals surface area contributed by atoms with Crippen molar-refractivity contribution in [1.82, 2.24) is 5.32 Å². The summed E-state index contributed by atoms with van der Waals surface area (Å²) in [7, 11) is 0. The number of terminal acetylenes is 1. The van der Waals surface area contributed by atoms with Crippen molar-refractivity contribution in [2.24, 2.45) is 0 Å². The molecular weight excluding hydrogens is 218 g/mol. The second-order valence-corrected chi connectivity index (χ2v) is 4.70. The Morgan fingerprint density at radius 1 is 1.29 bits per heavy atom. The maximum absolute atomic E-state index is 11.2. The SMILES string of the molecule is C#CCCCCOCCNC(=O)OC(C)(C)C. The van der Waals surface area contributed by atoms with E-state index in [2.05, 4.69) is 11.2 Å². The first-order valence-electron chi connectivity index (χ1n) is 5.94. The zero-order valence-electron chi connectivity index (χ0n) is 11.0. The average Bonchev–Trinajstić information content (AvgIpc) is 2.19. The molecule has 0 aromatic rings. The molecule has 98 valence electrons. The Labute approximate surface area is 104 Å². The normalized spacial score (nSPS) is 10.7. The molecule has 0 aliphatic heterocycles. The standard InChI is InChI=1S/C13H23NO3/c1-5-6-7-8-10-16-11-9-14-12(15)17-13(2,3)4/h1H,6-11H2,2-4H3,(H,14,15). The Balaban J connectivity index is 3.29. The van der Waals surface area contributed by atoms with Crippen molar-refractivity contribution >= 4 is 6.09 Å². The summed E-state index contributed by atoms with van der Waals surface area (Å²) in [6.07, 6.45) is 7.44. The van der Waals surface area contributed by atoms with E-state index in [-0.39, 0.29) is 0 Å². The number of carbonyl (C=O) groups is 1. The van der Waals surface area contributed by atoms with Crippen LogP contribution in [0.2, 0.25) is 0 Å². The minimum absolute atomic E-state index is 0.409. The van der Waals surface area contributed by atoms with Crippen molar-refractivity contribution in [2.45, 2.75) is 45.6 Å². The van der Waals surface area contributed by atoms with Crippen molar-refractivity contribution in [3.05, 3.63) is 0 Å². The van der Waals surface area contributed by atoms with Crippen LogP contribution in [0.5, 0.6) is 0 Å². The molecule has 0 aliphatic rings. The van der Waals surface area contributed by atoms with Crippen LogP contribution in [0.15, 0.2) is 0 Å². The van der Waals surface area contributed by atoms with Crippen LogP contribution in [0.1, 0.15) is 40.0 Å². The fourth-order valence-electron chi connectivity index (χ4n) is 1.07. The molecule has 0 aliphatic carbocycles. The number of amides is 1. The highest BCUT2D eigenvalue weighted by atomic mass is 16.6. The van der Waals surface area contributed by atoms with Gasteiger partial charge in [0.2, 0.25) is 0 Å². The van der Waals surface area contributed by atoms with Crippen LogP contribution in [0.25, 0.3) is 0 Å². The van der Waals surface area contributed by atoms with Gasteiger partial charge in [-0.25, -0.2) is 4.79 Å². The fraction of sp³-hybridized carbons (Fsp3) is 0.769. The van der Waals surface area contributed by atoms with Crippen LogP contribution >= 0.6 is 0 Å². The van der Waals surface area contributed by atoms with Gasteiger partial charge in [-0.05, 0) is 33.6 Å². The Morgan fingerprint density at radius 2 is 2.00 bits per heavy atom. The smallest absolute Gasteiger partial charge is 0.407 e. The molecule has 0 heterocycles. The Bertz CT molecular complexity index is 250. The number of nitrogens with one attached hydrogen (secondary N) is 1. The molecular formula is C13H23NO3. The Hall–Kier alpha value is -1.21. The topological polar surface area (TPSA) is 47.6 Å². The van der Waals surface area contributed by atoms with Crippen molar-refractivity contribution < 1.29 is 14.3 Å². The van der Waals surface area contributed by atoms with E-state index in [0.717, 1.165) is 19.3 Å². The van der Waals surface area contributed by atoms with Gasteiger partial charge in [0.25, 0.3) is 0 Å². The van der Waals surface area contributed by atoms with Gasteiger partial charge >= 0.3 is 6.09 Å². The molecule has 0 saturated carbocycles. The zero-order valence-corrected chi connectivity index (χ0v) is 11.0. The first kappa shape index (κ1) is 15.8. The molecule has 0 aromatic carbocycles. The molecule has 0 radical (unpaired) electrons. The monoisotopic (exact) mass is 241 g/mol. The lowest BCUT2D eigenvalue weighted by molar-refractivity contribution is 0.0498. The summed E-state index contributed by atoms with van der Waals surface area (Å²) in [5.74, 6) is 2.58. The van der Waals surface area contributed by atoms with Crippen LogP contribution < -0.4 is 5.32 Å². The Kier molecular flexibility index (Phi) is 8.25. The van der Waals surface area contributed by atoms with E-state index in [9.17, 15) is 4.79 Å². The van der Waals surface area contributed by atoms with Crippen LogP contribution in [-0.4, -0.2) is 31.5 Å². The van der Waals surface area contributed by atoms with Gasteiger partial charge in [-0.1, -0.05) is 0 Å². The fourth-order valence-corrected chi connectivity index (χ4v) is 1.07. The molecule has 17 heavy (non-hydrogen) atoms. The van der Waals surface area contributed by atoms with Crippen molar-refractivity contribution in [2.75, 3.05) is 19.8 Å². The van der Waals surface area contributed by atoms with Gasteiger partial charge in [-0.2, -0.15) is 0 Å². The van der Waals surface area contributed by atoms with Gasteiger partial charge in [0.1, 0.15) is 5.60 Å². The highest BCUT2D eigenvalue weighted by molar-refractivity contribution is 5.67. The number of hydrogen-bond donors (Lipinski definition) is 1. The summed E-state index contributed by atoms with van der Waals surface area (Å²) < 4.78 is 10.4. The number of unbranched alkanes of at least 4 members (excludes halogenated alkanes) is 2. The molecule has 0 rings (SSSR count). The summed E-state index contributed by atoms with van der Waals surface area (Å²) in [6, 6.07) is 0. The largest absolute Gasteiger partial charge is 0.444 e. The summed E-state index contributed by atoms with van der Waals surface area (Å²) in [5, 5.41) is 2.62. The molecule has 0 bridgehead atoms. The third kappa shape index (κ3) is 12.7. The van der Waals surface area contributed by atoms with E-state index >= 15 is 0 Å². The van der Waals surface area contributed by atoms with E-state index in [1.165, 1.54) is 0 Å². The van der Waals surface area contributed by atoms with Gasteiger partial charge in [0.15, 0.2) is 0 Å². The lowest BCUT2D eigenvalue weighted by Gasteiger charge is -2.19. The summed E-state index contributed by atoms with van der Waals surface area (Å²) in [6.45, 7) is 7.12. The van der Waals surface area contributed by atoms with Crippen LogP contribution in [0.3, 0.4) is 0 Å². The van der Waals surface area contributed by atoms with E-state index < -0.39 is 11.7 Å². The minimum Gasteiger partial charge on any atom is -0.444 e. The molecule has 4 nitrogen and oxygen atoms in total. The number of carbonyl (C=O) groups excluding carboxylic acids is 1. The molecule has 0 saturated heterocycles. The molecule has 1 amide bonds. The Morgan fingerprint density at radius 3 is 2.59 bits per heavy atom. The summed E-state index contributed by atoms with van der Waals surface area (Å²) in [4.78, 5) is 11.2. The predicted octanol–water partition coefficient (Wildman–Crippen LogP) is 2.33. The van der Waals surface area contributed by atoms with Gasteiger partial charge in [0.05, 0.1) is 6.61 Å². The first-order chi connectivity index (χ1) is 7.95. The van der Waals surface area contributed by atoms with E-state index in [4.69, 9.17) is 15.9 Å². The van der Waals surface area contributed by atoms with Crippen LogP contribution in [-0.2, 0) is 9.47 Å². The second kappa shape index (κ2) is 8.89. The molecule has 0 unspecified atom stereocenters. The molecule has 0 aromatic heterocycles. The molecule has 0 atom stereocenters. The van der Waals surface area contributed by atoms with E-state index in [0.29, 0.717) is 19.8 Å². The van der Waals surface area contributed by atoms with Crippen LogP contribution in [0, 0.1) is 12.3 Å². The molecule has 0 spiro atoms. The molecule has 4 heteroatoms. The molecule has 1 N–H and O–H groups in total. The predicted molar refractivity (Wildman–Crippen MR) is 67.7 cm³/mol. The lowest BCUT2D eigenvalue weighted by atomic mass is 10.2. The number of alkyl carbamates (subject to hydrolysis) is 1.